The van der Waals surface area contributed by atoms with Crippen LogP contribution in [-0.2, 0) is 4.74 Å². The highest BCUT2D eigenvalue weighted by molar-refractivity contribution is 5.96. The van der Waals surface area contributed by atoms with Gasteiger partial charge in [-0.25, -0.2) is 13.9 Å². The van der Waals surface area contributed by atoms with Crippen LogP contribution in [0.15, 0.2) is 54.6 Å². The number of esters is 1. The van der Waals surface area contributed by atoms with Gasteiger partial charge in [0.05, 0.1) is 23.7 Å². The quantitative estimate of drug-likeness (QED) is 0.345. The third kappa shape index (κ3) is 4.34. The Morgan fingerprint density at radius 1 is 1.04 bits per heavy atom. The van der Waals surface area contributed by atoms with Crippen LogP contribution in [0, 0.1) is 19.7 Å². The summed E-state index contributed by atoms with van der Waals surface area (Å²) in [6.07, 6.45) is 0.618. The topological polar surface area (TPSA) is 61.2 Å². The highest BCUT2D eigenvalue weighted by atomic mass is 19.1. The van der Waals surface area contributed by atoms with Gasteiger partial charge in [0.25, 0.3) is 0 Å². The second-order valence-electron chi connectivity index (χ2n) is 6.46. The van der Waals surface area contributed by atoms with E-state index in [0.717, 1.165) is 5.69 Å². The Hall–Kier alpha value is -3.28. The number of halogens is 1. The van der Waals surface area contributed by atoms with Gasteiger partial charge in [0.2, 0.25) is 0 Å². The van der Waals surface area contributed by atoms with Gasteiger partial charge in [-0.1, -0.05) is 18.2 Å². The second-order valence-corrected chi connectivity index (χ2v) is 6.46. The van der Waals surface area contributed by atoms with Crippen LogP contribution in [0.3, 0.4) is 0 Å². The number of hydrogen-bond acceptors (Lipinski definition) is 4. The van der Waals surface area contributed by atoms with Crippen LogP contribution in [0.2, 0.25) is 0 Å². The van der Waals surface area contributed by atoms with Gasteiger partial charge in [-0.15, -0.1) is 0 Å². The summed E-state index contributed by atoms with van der Waals surface area (Å²) in [6.45, 7) is 3.71. The van der Waals surface area contributed by atoms with Crippen molar-refractivity contribution in [1.29, 1.82) is 0 Å². The summed E-state index contributed by atoms with van der Waals surface area (Å²) in [5, 5.41) is 4.44. The zero-order valence-electron chi connectivity index (χ0n) is 15.8. The molecule has 6 heteroatoms. The van der Waals surface area contributed by atoms with Crippen LogP contribution >= 0.6 is 0 Å². The predicted molar refractivity (Wildman–Crippen MR) is 103 cm³/mol. The fourth-order valence-corrected chi connectivity index (χ4v) is 3.01. The summed E-state index contributed by atoms with van der Waals surface area (Å²) < 4.78 is 20.0. The van der Waals surface area contributed by atoms with E-state index in [1.807, 2.05) is 37.3 Å². The minimum absolute atomic E-state index is 0.111. The van der Waals surface area contributed by atoms with Crippen molar-refractivity contribution < 1.29 is 18.7 Å². The first-order valence-corrected chi connectivity index (χ1v) is 9.05. The number of hydrogen-bond donors (Lipinski definition) is 0. The lowest BCUT2D eigenvalue weighted by molar-refractivity contribution is 0.0492. The molecule has 1 aromatic heterocycles. The Morgan fingerprint density at radius 2 is 1.71 bits per heavy atom. The summed E-state index contributed by atoms with van der Waals surface area (Å²) >= 11 is 0. The molecule has 0 aliphatic carbocycles. The Balaban J connectivity index is 1.57. The molecule has 0 fully saturated rings. The molecule has 1 heterocycles. The zero-order valence-corrected chi connectivity index (χ0v) is 15.8. The maximum atomic E-state index is 12.9. The monoisotopic (exact) mass is 380 g/mol. The molecule has 28 heavy (non-hydrogen) atoms. The molecule has 2 aromatic carbocycles. The summed E-state index contributed by atoms with van der Waals surface area (Å²) in [7, 11) is 0. The Kier molecular flexibility index (Phi) is 5.99. The first-order valence-electron chi connectivity index (χ1n) is 9.05. The van der Waals surface area contributed by atoms with Crippen molar-refractivity contribution in [2.75, 3.05) is 6.61 Å². The minimum Gasteiger partial charge on any atom is -0.462 e. The van der Waals surface area contributed by atoms with E-state index in [2.05, 4.69) is 5.10 Å². The molecule has 0 N–H and O–H groups in total. The molecule has 0 spiro atoms. The molecule has 3 rings (SSSR count). The van der Waals surface area contributed by atoms with Gasteiger partial charge in [-0.05, 0) is 56.7 Å². The number of nitrogens with zero attached hydrogens (tertiary/aromatic N) is 2. The second kappa shape index (κ2) is 8.61. The predicted octanol–water partition coefficient (Wildman–Crippen LogP) is 4.45. The van der Waals surface area contributed by atoms with Crippen LogP contribution in [0.1, 0.15) is 44.9 Å². The summed E-state index contributed by atoms with van der Waals surface area (Å²) in [5.74, 6) is -0.945. The van der Waals surface area contributed by atoms with E-state index in [9.17, 15) is 14.0 Å². The van der Waals surface area contributed by atoms with Crippen LogP contribution < -0.4 is 0 Å². The lowest BCUT2D eigenvalue weighted by atomic mass is 10.1. The highest BCUT2D eigenvalue weighted by Gasteiger charge is 2.20. The minimum atomic E-state index is -0.452. The summed E-state index contributed by atoms with van der Waals surface area (Å²) in [6, 6.07) is 15.0. The standard InChI is InChI=1S/C22H21FN2O3/c1-15-21(16(2)25(24-15)19-7-4-3-5-8-19)22(27)28-14-6-9-20(26)17-10-12-18(23)13-11-17/h3-5,7-8,10-13H,6,9,14H2,1-2H3. The van der Waals surface area contributed by atoms with Gasteiger partial charge in [0, 0.05) is 12.0 Å². The van der Waals surface area contributed by atoms with E-state index in [1.165, 1.54) is 24.3 Å². The number of rotatable bonds is 7. The molecule has 0 bridgehead atoms. The normalized spacial score (nSPS) is 10.7. The number of aromatic nitrogens is 2. The number of carbonyl (C=O) groups excluding carboxylic acids is 2. The highest BCUT2D eigenvalue weighted by Crippen LogP contribution is 2.19. The molecule has 5 nitrogen and oxygen atoms in total. The van der Waals surface area contributed by atoms with E-state index >= 15 is 0 Å². The van der Waals surface area contributed by atoms with Crippen molar-refractivity contribution in [3.05, 3.63) is 82.9 Å². The first kappa shape index (κ1) is 19.5. The van der Waals surface area contributed by atoms with E-state index in [4.69, 9.17) is 4.74 Å². The summed E-state index contributed by atoms with van der Waals surface area (Å²) in [5.41, 5.74) is 3.05. The molecule has 0 unspecified atom stereocenters. The van der Waals surface area contributed by atoms with Crippen LogP contribution in [0.4, 0.5) is 4.39 Å². The van der Waals surface area contributed by atoms with Crippen LogP contribution in [-0.4, -0.2) is 28.1 Å². The van der Waals surface area contributed by atoms with Gasteiger partial charge in [-0.3, -0.25) is 4.79 Å². The molecule has 0 amide bonds. The molecule has 144 valence electrons. The molecular weight excluding hydrogens is 359 g/mol. The van der Waals surface area contributed by atoms with E-state index in [1.54, 1.807) is 11.6 Å². The lowest BCUT2D eigenvalue weighted by Crippen LogP contribution is -2.10. The van der Waals surface area contributed by atoms with Crippen LogP contribution in [0.25, 0.3) is 5.69 Å². The fourth-order valence-electron chi connectivity index (χ4n) is 3.01. The maximum absolute atomic E-state index is 12.9. The molecule has 0 aliphatic rings. The number of Topliss-reactive ketones (excluding diaryl/α,β-unsaturated/α-hetero) is 1. The molecule has 0 atom stereocenters. The average molecular weight is 380 g/mol. The van der Waals surface area contributed by atoms with Crippen LogP contribution in [0.5, 0.6) is 0 Å². The Morgan fingerprint density at radius 3 is 2.39 bits per heavy atom. The molecule has 3 aromatic rings. The molecular formula is C22H21FN2O3. The van der Waals surface area contributed by atoms with E-state index in [0.29, 0.717) is 28.9 Å². The third-order valence-corrected chi connectivity index (χ3v) is 4.44. The van der Waals surface area contributed by atoms with Gasteiger partial charge in [-0.2, -0.15) is 5.10 Å². The van der Waals surface area contributed by atoms with Crippen molar-refractivity contribution in [3.63, 3.8) is 0 Å². The molecule has 0 aliphatic heterocycles. The number of para-hydroxylation sites is 1. The van der Waals surface area contributed by atoms with E-state index in [-0.39, 0.29) is 24.6 Å². The fraction of sp³-hybridized carbons (Fsp3) is 0.227. The van der Waals surface area contributed by atoms with Crippen molar-refractivity contribution in [2.45, 2.75) is 26.7 Å². The van der Waals surface area contributed by atoms with E-state index < -0.39 is 5.97 Å². The molecule has 0 saturated carbocycles. The molecule has 0 radical (unpaired) electrons. The number of ether oxygens (including phenoxy) is 1. The third-order valence-electron chi connectivity index (χ3n) is 4.44. The number of aryl methyl sites for hydroxylation is 1. The van der Waals surface area contributed by atoms with Gasteiger partial charge < -0.3 is 4.74 Å². The van der Waals surface area contributed by atoms with Crippen molar-refractivity contribution in [2.24, 2.45) is 0 Å². The number of ketones is 1. The van der Waals surface area contributed by atoms with Crippen molar-refractivity contribution in [1.82, 2.24) is 9.78 Å². The first-order chi connectivity index (χ1) is 13.5. The number of benzene rings is 2. The van der Waals surface area contributed by atoms with Gasteiger partial charge in [0.1, 0.15) is 11.4 Å². The SMILES string of the molecule is Cc1nn(-c2ccccc2)c(C)c1C(=O)OCCCC(=O)c1ccc(F)cc1. The lowest BCUT2D eigenvalue weighted by Gasteiger charge is -2.06. The largest absolute Gasteiger partial charge is 0.462 e. The smallest absolute Gasteiger partial charge is 0.341 e. The van der Waals surface area contributed by atoms with Crippen molar-refractivity contribution in [3.8, 4) is 5.69 Å². The van der Waals surface area contributed by atoms with Gasteiger partial charge in [0.15, 0.2) is 5.78 Å². The maximum Gasteiger partial charge on any atom is 0.341 e. The summed E-state index contributed by atoms with van der Waals surface area (Å²) in [4.78, 5) is 24.5. The molecule has 0 saturated heterocycles. The zero-order chi connectivity index (χ0) is 20.1. The Bertz CT molecular complexity index is 979. The Labute approximate surface area is 162 Å². The van der Waals surface area contributed by atoms with Gasteiger partial charge >= 0.3 is 5.97 Å². The average Bonchev–Trinajstić information content (AvgIpc) is 3.00. The van der Waals surface area contributed by atoms with Crippen molar-refractivity contribution >= 4 is 11.8 Å². The number of carbonyl (C=O) groups is 2.